The van der Waals surface area contributed by atoms with Gasteiger partial charge in [-0.1, -0.05) is 61.0 Å². The van der Waals surface area contributed by atoms with Crippen molar-refractivity contribution < 1.29 is 4.42 Å². The van der Waals surface area contributed by atoms with Crippen molar-refractivity contribution in [2.45, 2.75) is 26.2 Å². The molecule has 6 rings (SSSR count). The molecule has 0 spiro atoms. The van der Waals surface area contributed by atoms with E-state index in [4.69, 9.17) is 9.40 Å². The smallest absolute Gasteiger partial charge is 0.137 e. The number of pyridine rings is 1. The monoisotopic (exact) mass is 468 g/mol. The van der Waals surface area contributed by atoms with E-state index in [1.54, 1.807) is 0 Å². The zero-order valence-electron chi connectivity index (χ0n) is 17.6. The molecule has 31 heavy (non-hydrogen) atoms. The average molecular weight is 469 g/mol. The van der Waals surface area contributed by atoms with Gasteiger partial charge in [-0.25, -0.2) is 4.98 Å². The standard InChI is InChI=1S/C27H21BrN2O/c1-27(2,3)16-10-11-29-26(12-16)30-22-13-17(28)8-9-18(22)20-14-21-19-6-4-5-7-24(19)31-25(21)15-23(20)30/h4-15H,1-3H3. The number of hydrogen-bond acceptors (Lipinski definition) is 2. The molecule has 0 atom stereocenters. The highest BCUT2D eigenvalue weighted by atomic mass is 79.9. The van der Waals surface area contributed by atoms with Crippen LogP contribution in [0.4, 0.5) is 0 Å². The van der Waals surface area contributed by atoms with E-state index < -0.39 is 0 Å². The molecule has 0 aliphatic rings. The Morgan fingerprint density at radius 3 is 2.42 bits per heavy atom. The van der Waals surface area contributed by atoms with E-state index in [1.165, 1.54) is 16.3 Å². The zero-order chi connectivity index (χ0) is 21.3. The Morgan fingerprint density at radius 1 is 0.774 bits per heavy atom. The Labute approximate surface area is 188 Å². The Bertz CT molecular complexity index is 1630. The number of para-hydroxylation sites is 1. The normalized spacial score (nSPS) is 12.5. The third-order valence-electron chi connectivity index (χ3n) is 6.07. The number of aromatic nitrogens is 2. The number of halogens is 1. The molecule has 0 saturated heterocycles. The van der Waals surface area contributed by atoms with Crippen LogP contribution >= 0.6 is 15.9 Å². The van der Waals surface area contributed by atoms with Crippen molar-refractivity contribution in [1.29, 1.82) is 0 Å². The quantitative estimate of drug-likeness (QED) is 0.243. The van der Waals surface area contributed by atoms with Gasteiger partial charge in [0.1, 0.15) is 17.0 Å². The van der Waals surface area contributed by atoms with Crippen molar-refractivity contribution in [2.75, 3.05) is 0 Å². The summed E-state index contributed by atoms with van der Waals surface area (Å²) >= 11 is 3.66. The van der Waals surface area contributed by atoms with Crippen LogP contribution in [0.25, 0.3) is 49.6 Å². The summed E-state index contributed by atoms with van der Waals surface area (Å²) in [5.74, 6) is 0.918. The number of fused-ring (bicyclic) bond motifs is 6. The highest BCUT2D eigenvalue weighted by Crippen LogP contribution is 2.39. The first-order valence-electron chi connectivity index (χ1n) is 10.4. The van der Waals surface area contributed by atoms with Crippen molar-refractivity contribution in [2.24, 2.45) is 0 Å². The van der Waals surface area contributed by atoms with E-state index in [9.17, 15) is 0 Å². The second kappa shape index (κ2) is 6.44. The molecule has 4 heteroatoms. The molecule has 3 heterocycles. The lowest BCUT2D eigenvalue weighted by molar-refractivity contribution is 0.588. The van der Waals surface area contributed by atoms with Gasteiger partial charge >= 0.3 is 0 Å². The molecule has 0 aliphatic heterocycles. The maximum absolute atomic E-state index is 6.21. The molecular weight excluding hydrogens is 448 g/mol. The van der Waals surface area contributed by atoms with Crippen molar-refractivity contribution in [1.82, 2.24) is 9.55 Å². The molecule has 3 aromatic carbocycles. The summed E-state index contributed by atoms with van der Waals surface area (Å²) < 4.78 is 9.50. The minimum atomic E-state index is 0.0447. The lowest BCUT2D eigenvalue weighted by Crippen LogP contribution is -2.12. The predicted molar refractivity (Wildman–Crippen MR) is 132 cm³/mol. The molecule has 6 aromatic rings. The average Bonchev–Trinajstić information content (AvgIpc) is 3.26. The summed E-state index contributed by atoms with van der Waals surface area (Å²) in [4.78, 5) is 4.77. The molecular formula is C27H21BrN2O. The second-order valence-electron chi connectivity index (χ2n) is 9.11. The summed E-state index contributed by atoms with van der Waals surface area (Å²) in [5, 5.41) is 4.68. The van der Waals surface area contributed by atoms with Crippen LogP contribution in [0, 0.1) is 0 Å². The van der Waals surface area contributed by atoms with Gasteiger partial charge in [-0.2, -0.15) is 0 Å². The Kier molecular flexibility index (Phi) is 3.87. The molecule has 3 nitrogen and oxygen atoms in total. The number of benzene rings is 3. The Hall–Kier alpha value is -3.11. The summed E-state index contributed by atoms with van der Waals surface area (Å²) in [5.41, 5.74) is 5.33. The van der Waals surface area contributed by atoms with Gasteiger partial charge < -0.3 is 4.42 Å². The summed E-state index contributed by atoms with van der Waals surface area (Å²) in [6, 6.07) is 23.4. The first-order valence-corrected chi connectivity index (χ1v) is 11.2. The lowest BCUT2D eigenvalue weighted by atomic mass is 9.88. The van der Waals surface area contributed by atoms with Crippen LogP contribution in [-0.2, 0) is 5.41 Å². The SMILES string of the molecule is CC(C)(C)c1ccnc(-n2c3cc(Br)ccc3c3cc4c(cc32)oc2ccccc24)c1. The second-order valence-corrected chi connectivity index (χ2v) is 10.0. The molecule has 3 aromatic heterocycles. The highest BCUT2D eigenvalue weighted by Gasteiger charge is 2.19. The van der Waals surface area contributed by atoms with Crippen molar-refractivity contribution in [3.63, 3.8) is 0 Å². The predicted octanol–water partition coefficient (Wildman–Crippen LogP) is 8.14. The summed E-state index contributed by atoms with van der Waals surface area (Å²) in [6.45, 7) is 6.69. The van der Waals surface area contributed by atoms with E-state index in [0.717, 1.165) is 43.3 Å². The maximum atomic E-state index is 6.21. The summed E-state index contributed by atoms with van der Waals surface area (Å²) in [6.07, 6.45) is 1.91. The van der Waals surface area contributed by atoms with Gasteiger partial charge in [-0.3, -0.25) is 4.57 Å². The van der Waals surface area contributed by atoms with Crippen LogP contribution in [0.5, 0.6) is 0 Å². The van der Waals surface area contributed by atoms with Gasteiger partial charge in [0.2, 0.25) is 0 Å². The molecule has 0 radical (unpaired) electrons. The Balaban J connectivity index is 1.77. The maximum Gasteiger partial charge on any atom is 0.137 e. The van der Waals surface area contributed by atoms with Gasteiger partial charge in [0.15, 0.2) is 0 Å². The molecule has 152 valence electrons. The Morgan fingerprint density at radius 2 is 1.58 bits per heavy atom. The molecule has 0 bridgehead atoms. The fourth-order valence-electron chi connectivity index (χ4n) is 4.46. The number of furan rings is 1. The minimum Gasteiger partial charge on any atom is -0.456 e. The van der Waals surface area contributed by atoms with E-state index in [0.29, 0.717) is 0 Å². The van der Waals surface area contributed by atoms with Crippen molar-refractivity contribution in [3.05, 3.63) is 83.0 Å². The molecule has 0 fully saturated rings. The van der Waals surface area contributed by atoms with Gasteiger partial charge in [0.25, 0.3) is 0 Å². The third-order valence-corrected chi connectivity index (χ3v) is 6.56. The fourth-order valence-corrected chi connectivity index (χ4v) is 4.81. The van der Waals surface area contributed by atoms with Gasteiger partial charge in [0, 0.05) is 38.3 Å². The van der Waals surface area contributed by atoms with Crippen LogP contribution in [0.3, 0.4) is 0 Å². The number of nitrogens with zero attached hydrogens (tertiary/aromatic N) is 2. The van der Waals surface area contributed by atoms with E-state index in [2.05, 4.69) is 95.9 Å². The van der Waals surface area contributed by atoms with Gasteiger partial charge in [0.05, 0.1) is 11.0 Å². The first-order chi connectivity index (χ1) is 14.9. The van der Waals surface area contributed by atoms with Crippen LogP contribution in [-0.4, -0.2) is 9.55 Å². The largest absolute Gasteiger partial charge is 0.456 e. The van der Waals surface area contributed by atoms with Gasteiger partial charge in [-0.15, -0.1) is 0 Å². The van der Waals surface area contributed by atoms with E-state index in [1.807, 2.05) is 18.3 Å². The summed E-state index contributed by atoms with van der Waals surface area (Å²) in [7, 11) is 0. The molecule has 0 amide bonds. The zero-order valence-corrected chi connectivity index (χ0v) is 19.2. The van der Waals surface area contributed by atoms with E-state index >= 15 is 0 Å². The molecule has 0 unspecified atom stereocenters. The molecule has 0 saturated carbocycles. The van der Waals surface area contributed by atoms with Crippen LogP contribution < -0.4 is 0 Å². The fraction of sp³-hybridized carbons (Fsp3) is 0.148. The van der Waals surface area contributed by atoms with Gasteiger partial charge in [-0.05, 0) is 47.4 Å². The minimum absolute atomic E-state index is 0.0447. The van der Waals surface area contributed by atoms with Crippen molar-refractivity contribution >= 4 is 59.7 Å². The molecule has 0 aliphatic carbocycles. The van der Waals surface area contributed by atoms with E-state index in [-0.39, 0.29) is 5.41 Å². The van der Waals surface area contributed by atoms with Crippen molar-refractivity contribution in [3.8, 4) is 5.82 Å². The topological polar surface area (TPSA) is 31.0 Å². The van der Waals surface area contributed by atoms with Crippen LogP contribution in [0.2, 0.25) is 0 Å². The molecule has 0 N–H and O–H groups in total. The third kappa shape index (κ3) is 2.82. The number of hydrogen-bond donors (Lipinski definition) is 0. The first kappa shape index (κ1) is 18.6. The lowest BCUT2D eigenvalue weighted by Gasteiger charge is -2.20. The van der Waals surface area contributed by atoms with Crippen LogP contribution in [0.1, 0.15) is 26.3 Å². The highest BCUT2D eigenvalue weighted by molar-refractivity contribution is 9.10. The van der Waals surface area contributed by atoms with Crippen LogP contribution in [0.15, 0.2) is 81.8 Å². The number of rotatable bonds is 1.